The van der Waals surface area contributed by atoms with Gasteiger partial charge in [-0.15, -0.1) is 0 Å². The maximum absolute atomic E-state index is 13.2. The van der Waals surface area contributed by atoms with Gasteiger partial charge >= 0.3 is 6.18 Å². The molecule has 0 amide bonds. The van der Waals surface area contributed by atoms with Gasteiger partial charge in [0.2, 0.25) is 5.88 Å². The molecule has 0 aliphatic rings. The second kappa shape index (κ2) is 8.41. The lowest BCUT2D eigenvalue weighted by atomic mass is 10.1. The second-order valence-corrected chi connectivity index (χ2v) is 7.18. The van der Waals surface area contributed by atoms with Gasteiger partial charge in [-0.05, 0) is 38.0 Å². The van der Waals surface area contributed by atoms with Gasteiger partial charge in [0.05, 0.1) is 42.0 Å². The van der Waals surface area contributed by atoms with Crippen LogP contribution >= 0.6 is 0 Å². The first-order valence-corrected chi connectivity index (χ1v) is 9.33. The predicted octanol–water partition coefficient (Wildman–Crippen LogP) is 5.14. The third-order valence-electron chi connectivity index (χ3n) is 4.71. The van der Waals surface area contributed by atoms with Crippen LogP contribution in [0.4, 0.5) is 17.6 Å². The number of pyridine rings is 2. The largest absolute Gasteiger partial charge is 0.481 e. The first-order valence-electron chi connectivity index (χ1n) is 9.33. The lowest BCUT2D eigenvalue weighted by Crippen LogP contribution is -2.09. The lowest BCUT2D eigenvalue weighted by molar-refractivity contribution is -0.137. The fourth-order valence-corrected chi connectivity index (χ4v) is 3.20. The number of methoxy groups -OCH3 is 1. The molecule has 30 heavy (non-hydrogen) atoms. The Morgan fingerprint density at radius 2 is 1.97 bits per heavy atom. The summed E-state index contributed by atoms with van der Waals surface area (Å²) in [7, 11) is 1.33. The minimum atomic E-state index is -4.55. The van der Waals surface area contributed by atoms with E-state index in [9.17, 15) is 22.4 Å². The minimum absolute atomic E-state index is 0.00544. The highest BCUT2D eigenvalue weighted by atomic mass is 19.4. The number of ether oxygens (including phenoxy) is 1. The van der Waals surface area contributed by atoms with Crippen molar-refractivity contribution in [3.63, 3.8) is 0 Å². The molecule has 0 saturated carbocycles. The third-order valence-corrected chi connectivity index (χ3v) is 4.71. The predicted molar refractivity (Wildman–Crippen MR) is 103 cm³/mol. The zero-order chi connectivity index (χ0) is 22.1. The van der Waals surface area contributed by atoms with Gasteiger partial charge in [0.1, 0.15) is 0 Å². The Hall–Kier alpha value is -2.97. The van der Waals surface area contributed by atoms with Gasteiger partial charge in [0.15, 0.2) is 5.78 Å². The van der Waals surface area contributed by atoms with Crippen LogP contribution in [-0.2, 0) is 12.7 Å². The molecular formula is C21H21F4N3O2. The number of rotatable bonds is 7. The van der Waals surface area contributed by atoms with Crippen LogP contribution < -0.4 is 4.74 Å². The standard InChI is InChI=1S/C21H21F4N3O2/c1-12-6-17-19(26-8-12)16(18(29)5-4-13(2)22)11-28(17)10-14-7-15(21(23,24)25)9-27-20(14)30-3/h6-9,11,13H,4-5,10H2,1-3H3/t13-/m0/s1. The Bertz CT molecular complexity index is 1070. The van der Waals surface area contributed by atoms with Gasteiger partial charge in [-0.25, -0.2) is 9.37 Å². The van der Waals surface area contributed by atoms with E-state index in [0.29, 0.717) is 16.6 Å². The zero-order valence-corrected chi connectivity index (χ0v) is 16.8. The van der Waals surface area contributed by atoms with Crippen molar-refractivity contribution < 1.29 is 27.1 Å². The zero-order valence-electron chi connectivity index (χ0n) is 16.8. The van der Waals surface area contributed by atoms with Gasteiger partial charge in [-0.3, -0.25) is 9.78 Å². The number of aromatic nitrogens is 3. The van der Waals surface area contributed by atoms with E-state index in [1.807, 2.05) is 6.92 Å². The van der Waals surface area contributed by atoms with E-state index in [0.717, 1.165) is 17.8 Å². The van der Waals surface area contributed by atoms with Crippen molar-refractivity contribution in [2.45, 2.75) is 45.6 Å². The molecule has 0 N–H and O–H groups in total. The molecule has 3 rings (SSSR count). The Morgan fingerprint density at radius 3 is 2.60 bits per heavy atom. The summed E-state index contributed by atoms with van der Waals surface area (Å²) in [6.07, 6.45) is -1.69. The van der Waals surface area contributed by atoms with Crippen molar-refractivity contribution in [3.8, 4) is 5.88 Å². The van der Waals surface area contributed by atoms with E-state index in [1.165, 1.54) is 14.0 Å². The maximum atomic E-state index is 13.2. The van der Waals surface area contributed by atoms with Crippen molar-refractivity contribution >= 4 is 16.8 Å². The molecule has 0 saturated heterocycles. The van der Waals surface area contributed by atoms with Gasteiger partial charge < -0.3 is 9.30 Å². The monoisotopic (exact) mass is 423 g/mol. The summed E-state index contributed by atoms with van der Waals surface area (Å²) < 4.78 is 59.3. The van der Waals surface area contributed by atoms with E-state index in [2.05, 4.69) is 9.97 Å². The highest BCUT2D eigenvalue weighted by molar-refractivity contribution is 6.06. The van der Waals surface area contributed by atoms with Crippen molar-refractivity contribution in [2.75, 3.05) is 7.11 Å². The number of alkyl halides is 4. The van der Waals surface area contributed by atoms with Crippen molar-refractivity contribution in [1.29, 1.82) is 0 Å². The third kappa shape index (κ3) is 4.60. The quantitative estimate of drug-likeness (QED) is 0.390. The molecule has 0 aromatic carbocycles. The number of nitrogens with zero attached hydrogens (tertiary/aromatic N) is 3. The number of fused-ring (bicyclic) bond motifs is 1. The molecule has 0 spiro atoms. The summed E-state index contributed by atoms with van der Waals surface area (Å²) in [6, 6.07) is 2.78. The highest BCUT2D eigenvalue weighted by Gasteiger charge is 2.32. The van der Waals surface area contributed by atoms with E-state index < -0.39 is 17.9 Å². The molecule has 3 heterocycles. The number of ketones is 1. The Kier molecular flexibility index (Phi) is 6.09. The topological polar surface area (TPSA) is 57.0 Å². The van der Waals surface area contributed by atoms with Crippen LogP contribution in [0.3, 0.4) is 0 Å². The number of carbonyl (C=O) groups is 1. The number of carbonyl (C=O) groups excluding carboxylic acids is 1. The van der Waals surface area contributed by atoms with Crippen LogP contribution in [0.1, 0.15) is 46.8 Å². The van der Waals surface area contributed by atoms with Crippen molar-refractivity contribution in [2.24, 2.45) is 0 Å². The molecule has 0 unspecified atom stereocenters. The normalized spacial score (nSPS) is 12.9. The van der Waals surface area contributed by atoms with E-state index in [4.69, 9.17) is 4.74 Å². The van der Waals surface area contributed by atoms with E-state index in [1.54, 1.807) is 23.0 Å². The van der Waals surface area contributed by atoms with Gasteiger partial charge in [0, 0.05) is 30.6 Å². The molecular weight excluding hydrogens is 402 g/mol. The summed E-state index contributed by atoms with van der Waals surface area (Å²) in [4.78, 5) is 20.7. The van der Waals surface area contributed by atoms with Gasteiger partial charge in [-0.2, -0.15) is 13.2 Å². The van der Waals surface area contributed by atoms with Crippen LogP contribution in [0.5, 0.6) is 5.88 Å². The number of halogens is 4. The molecule has 3 aromatic heterocycles. The average molecular weight is 423 g/mol. The van der Waals surface area contributed by atoms with Crippen LogP contribution in [-0.4, -0.2) is 33.6 Å². The van der Waals surface area contributed by atoms with Crippen LogP contribution in [0.2, 0.25) is 0 Å². The minimum Gasteiger partial charge on any atom is -0.481 e. The number of hydrogen-bond donors (Lipinski definition) is 0. The Balaban J connectivity index is 2.06. The maximum Gasteiger partial charge on any atom is 0.417 e. The number of aryl methyl sites for hydroxylation is 1. The van der Waals surface area contributed by atoms with E-state index >= 15 is 0 Å². The SMILES string of the molecule is COc1ncc(C(F)(F)F)cc1Cn1cc(C(=O)CC[C@H](C)F)c2ncc(C)cc21. The molecule has 0 radical (unpaired) electrons. The van der Waals surface area contributed by atoms with Crippen LogP contribution in [0.25, 0.3) is 11.0 Å². The summed E-state index contributed by atoms with van der Waals surface area (Å²) in [5.74, 6) is -0.210. The molecule has 0 bridgehead atoms. The fraction of sp³-hybridized carbons (Fsp3) is 0.381. The smallest absolute Gasteiger partial charge is 0.417 e. The molecule has 0 aliphatic carbocycles. The fourth-order valence-electron chi connectivity index (χ4n) is 3.20. The molecule has 5 nitrogen and oxygen atoms in total. The molecule has 0 aliphatic heterocycles. The van der Waals surface area contributed by atoms with Crippen molar-refractivity contribution in [3.05, 3.63) is 53.0 Å². The van der Waals surface area contributed by atoms with Gasteiger partial charge in [0.25, 0.3) is 0 Å². The Morgan fingerprint density at radius 1 is 1.23 bits per heavy atom. The summed E-state index contributed by atoms with van der Waals surface area (Å²) in [6.45, 7) is 3.20. The van der Waals surface area contributed by atoms with Crippen LogP contribution in [0.15, 0.2) is 30.7 Å². The van der Waals surface area contributed by atoms with Gasteiger partial charge in [-0.1, -0.05) is 0 Å². The molecule has 3 aromatic rings. The molecule has 160 valence electrons. The molecule has 0 fully saturated rings. The average Bonchev–Trinajstić information content (AvgIpc) is 3.03. The molecule has 9 heteroatoms. The first kappa shape index (κ1) is 21.7. The van der Waals surface area contributed by atoms with Crippen molar-refractivity contribution in [1.82, 2.24) is 14.5 Å². The Labute approximate surface area is 170 Å². The molecule has 1 atom stereocenters. The number of Topliss-reactive ketones (excluding diaryl/α,β-unsaturated/α-hetero) is 1. The van der Waals surface area contributed by atoms with E-state index in [-0.39, 0.29) is 36.6 Å². The summed E-state index contributed by atoms with van der Waals surface area (Å²) in [5.41, 5.74) is 1.47. The second-order valence-electron chi connectivity index (χ2n) is 7.18. The lowest BCUT2D eigenvalue weighted by Gasteiger charge is -2.13. The van der Waals surface area contributed by atoms with Crippen LogP contribution in [0, 0.1) is 6.92 Å². The first-order chi connectivity index (χ1) is 14.1. The summed E-state index contributed by atoms with van der Waals surface area (Å²) in [5, 5.41) is 0. The summed E-state index contributed by atoms with van der Waals surface area (Å²) >= 11 is 0. The number of hydrogen-bond acceptors (Lipinski definition) is 4. The highest BCUT2D eigenvalue weighted by Crippen LogP contribution is 2.32.